The molecular weight excluding hydrogens is 234 g/mol. The zero-order valence-electron chi connectivity index (χ0n) is 11.9. The van der Waals surface area contributed by atoms with Gasteiger partial charge < -0.3 is 20.2 Å². The van der Waals surface area contributed by atoms with Crippen LogP contribution in [-0.2, 0) is 4.79 Å². The zero-order valence-corrected chi connectivity index (χ0v) is 11.9. The smallest absolute Gasteiger partial charge is 0.317 e. The Bertz CT molecular complexity index is 280. The number of urea groups is 1. The molecule has 6 nitrogen and oxygen atoms in total. The lowest BCUT2D eigenvalue weighted by atomic mass is 10.3. The van der Waals surface area contributed by atoms with Gasteiger partial charge in [-0.1, -0.05) is 0 Å². The summed E-state index contributed by atoms with van der Waals surface area (Å²) in [5.41, 5.74) is 0. The van der Waals surface area contributed by atoms with Gasteiger partial charge >= 0.3 is 12.0 Å². The Morgan fingerprint density at radius 2 is 1.78 bits per heavy atom. The quantitative estimate of drug-likeness (QED) is 0.710. The second-order valence-corrected chi connectivity index (χ2v) is 4.93. The molecule has 0 aromatic heterocycles. The van der Waals surface area contributed by atoms with E-state index in [4.69, 9.17) is 5.11 Å². The predicted molar refractivity (Wildman–Crippen MR) is 70.6 cm³/mol. The summed E-state index contributed by atoms with van der Waals surface area (Å²) in [7, 11) is 3.89. The summed E-state index contributed by atoms with van der Waals surface area (Å²) < 4.78 is 0. The molecule has 0 saturated heterocycles. The van der Waals surface area contributed by atoms with E-state index in [9.17, 15) is 9.59 Å². The van der Waals surface area contributed by atoms with Crippen molar-refractivity contribution < 1.29 is 14.7 Å². The van der Waals surface area contributed by atoms with Crippen LogP contribution in [0.3, 0.4) is 0 Å². The lowest BCUT2D eigenvalue weighted by Crippen LogP contribution is -2.48. The summed E-state index contributed by atoms with van der Waals surface area (Å²) >= 11 is 0. The molecule has 0 fully saturated rings. The molecule has 6 heteroatoms. The molecule has 2 N–H and O–H groups in total. The van der Waals surface area contributed by atoms with Crippen LogP contribution >= 0.6 is 0 Å². The Labute approximate surface area is 109 Å². The van der Waals surface area contributed by atoms with Gasteiger partial charge in [0.15, 0.2) is 0 Å². The number of amides is 2. The van der Waals surface area contributed by atoms with Gasteiger partial charge in [-0.25, -0.2) is 4.79 Å². The van der Waals surface area contributed by atoms with Crippen molar-refractivity contribution in [3.63, 3.8) is 0 Å². The summed E-state index contributed by atoms with van der Waals surface area (Å²) in [6.45, 7) is 6.53. The number of carbonyl (C=O) groups is 2. The summed E-state index contributed by atoms with van der Waals surface area (Å²) in [6.07, 6.45) is -0.0329. The lowest BCUT2D eigenvalue weighted by molar-refractivity contribution is -0.137. The molecule has 0 spiro atoms. The molecule has 0 aliphatic carbocycles. The van der Waals surface area contributed by atoms with Gasteiger partial charge in [-0.2, -0.15) is 0 Å². The topological polar surface area (TPSA) is 72.9 Å². The average Bonchev–Trinajstić information content (AvgIpc) is 2.24. The highest BCUT2D eigenvalue weighted by molar-refractivity contribution is 5.75. The van der Waals surface area contributed by atoms with Gasteiger partial charge in [-0.3, -0.25) is 4.79 Å². The number of nitrogens with zero attached hydrogens (tertiary/aromatic N) is 2. The van der Waals surface area contributed by atoms with Crippen LogP contribution < -0.4 is 5.32 Å². The van der Waals surface area contributed by atoms with E-state index in [0.29, 0.717) is 6.54 Å². The van der Waals surface area contributed by atoms with Crippen LogP contribution in [0.1, 0.15) is 27.2 Å². The predicted octanol–water partition coefficient (Wildman–Crippen LogP) is 0.831. The van der Waals surface area contributed by atoms with Gasteiger partial charge in [0.1, 0.15) is 0 Å². The standard InChI is InChI=1S/C12H25N3O3/c1-9(2)15(7-6-11(16)17)12(18)13-8-10(3)14(4)5/h9-10H,6-8H2,1-5H3,(H,13,18)(H,16,17). The van der Waals surface area contributed by atoms with Gasteiger partial charge in [-0.15, -0.1) is 0 Å². The first-order valence-electron chi connectivity index (χ1n) is 6.18. The van der Waals surface area contributed by atoms with Crippen molar-refractivity contribution in [2.45, 2.75) is 39.3 Å². The molecule has 2 amide bonds. The van der Waals surface area contributed by atoms with E-state index in [2.05, 4.69) is 5.32 Å². The first kappa shape index (κ1) is 16.7. The number of likely N-dealkylation sites (N-methyl/N-ethyl adjacent to an activating group) is 1. The summed E-state index contributed by atoms with van der Waals surface area (Å²) in [4.78, 5) is 26.0. The molecule has 0 radical (unpaired) electrons. The van der Waals surface area contributed by atoms with Crippen LogP contribution in [0.25, 0.3) is 0 Å². The van der Waals surface area contributed by atoms with Gasteiger partial charge in [0, 0.05) is 25.2 Å². The van der Waals surface area contributed by atoms with Crippen molar-refractivity contribution in [2.75, 3.05) is 27.2 Å². The normalized spacial score (nSPS) is 12.6. The Balaban J connectivity index is 4.26. The molecule has 0 saturated carbocycles. The molecule has 0 aliphatic rings. The summed E-state index contributed by atoms with van der Waals surface area (Å²) in [6, 6.07) is 0.0152. The van der Waals surface area contributed by atoms with E-state index in [1.807, 2.05) is 39.8 Å². The van der Waals surface area contributed by atoms with Gasteiger partial charge in [0.2, 0.25) is 0 Å². The Kier molecular flexibility index (Phi) is 7.35. The van der Waals surface area contributed by atoms with Crippen molar-refractivity contribution >= 4 is 12.0 Å². The molecule has 0 heterocycles. The highest BCUT2D eigenvalue weighted by Gasteiger charge is 2.18. The van der Waals surface area contributed by atoms with Crippen LogP contribution in [0.4, 0.5) is 4.79 Å². The Hall–Kier alpha value is -1.30. The molecule has 0 aromatic carbocycles. The third kappa shape index (κ3) is 6.44. The molecule has 0 aliphatic heterocycles. The van der Waals surface area contributed by atoms with Crippen LogP contribution in [0.2, 0.25) is 0 Å². The Morgan fingerprint density at radius 1 is 1.22 bits per heavy atom. The van der Waals surface area contributed by atoms with E-state index in [1.54, 1.807) is 0 Å². The molecule has 0 bridgehead atoms. The van der Waals surface area contributed by atoms with Crippen LogP contribution in [0.15, 0.2) is 0 Å². The molecule has 18 heavy (non-hydrogen) atoms. The Morgan fingerprint density at radius 3 is 2.17 bits per heavy atom. The number of carboxylic acids is 1. The highest BCUT2D eigenvalue weighted by atomic mass is 16.4. The zero-order chi connectivity index (χ0) is 14.3. The van der Waals surface area contributed by atoms with Crippen molar-refractivity contribution in [3.8, 4) is 0 Å². The largest absolute Gasteiger partial charge is 0.481 e. The number of hydrogen-bond donors (Lipinski definition) is 2. The highest BCUT2D eigenvalue weighted by Crippen LogP contribution is 2.01. The van der Waals surface area contributed by atoms with Crippen molar-refractivity contribution in [1.82, 2.24) is 15.1 Å². The number of hydrogen-bond acceptors (Lipinski definition) is 3. The minimum absolute atomic E-state index is 0.0148. The maximum absolute atomic E-state index is 11.9. The minimum atomic E-state index is -0.893. The number of carbonyl (C=O) groups excluding carboxylic acids is 1. The van der Waals surface area contributed by atoms with Crippen LogP contribution in [-0.4, -0.2) is 66.2 Å². The van der Waals surface area contributed by atoms with Gasteiger partial charge in [0.25, 0.3) is 0 Å². The summed E-state index contributed by atoms with van der Waals surface area (Å²) in [5, 5.41) is 11.5. The van der Waals surface area contributed by atoms with Crippen LogP contribution in [0.5, 0.6) is 0 Å². The first-order valence-corrected chi connectivity index (χ1v) is 6.18. The maximum Gasteiger partial charge on any atom is 0.317 e. The SMILES string of the molecule is CC(CNC(=O)N(CCC(=O)O)C(C)C)N(C)C. The third-order valence-electron chi connectivity index (χ3n) is 2.88. The van der Waals surface area contributed by atoms with E-state index in [-0.39, 0.29) is 31.1 Å². The van der Waals surface area contributed by atoms with E-state index in [1.165, 1.54) is 4.90 Å². The van der Waals surface area contributed by atoms with E-state index < -0.39 is 5.97 Å². The average molecular weight is 259 g/mol. The first-order chi connectivity index (χ1) is 8.25. The lowest BCUT2D eigenvalue weighted by Gasteiger charge is -2.28. The second-order valence-electron chi connectivity index (χ2n) is 4.93. The number of aliphatic carboxylic acids is 1. The third-order valence-corrected chi connectivity index (χ3v) is 2.88. The molecular formula is C12H25N3O3. The van der Waals surface area contributed by atoms with E-state index in [0.717, 1.165) is 0 Å². The number of nitrogens with one attached hydrogen (secondary N) is 1. The molecule has 0 aromatic rings. The van der Waals surface area contributed by atoms with Gasteiger partial charge in [0.05, 0.1) is 6.42 Å². The minimum Gasteiger partial charge on any atom is -0.481 e. The molecule has 0 rings (SSSR count). The second kappa shape index (κ2) is 7.92. The monoisotopic (exact) mass is 259 g/mol. The molecule has 1 unspecified atom stereocenters. The van der Waals surface area contributed by atoms with Crippen LogP contribution in [0, 0.1) is 0 Å². The fourth-order valence-electron chi connectivity index (χ4n) is 1.33. The maximum atomic E-state index is 11.9. The van der Waals surface area contributed by atoms with E-state index >= 15 is 0 Å². The van der Waals surface area contributed by atoms with Crippen molar-refractivity contribution in [3.05, 3.63) is 0 Å². The van der Waals surface area contributed by atoms with Gasteiger partial charge in [-0.05, 0) is 34.9 Å². The van der Waals surface area contributed by atoms with Crippen molar-refractivity contribution in [2.24, 2.45) is 0 Å². The fourth-order valence-corrected chi connectivity index (χ4v) is 1.33. The summed E-state index contributed by atoms with van der Waals surface area (Å²) in [5.74, 6) is -0.893. The fraction of sp³-hybridized carbons (Fsp3) is 0.833. The number of rotatable bonds is 7. The number of carboxylic acid groups (broad SMARTS) is 1. The molecule has 1 atom stereocenters. The molecule has 106 valence electrons. The van der Waals surface area contributed by atoms with Crippen molar-refractivity contribution in [1.29, 1.82) is 0 Å².